The van der Waals surface area contributed by atoms with E-state index in [9.17, 15) is 22.8 Å². The minimum atomic E-state index is -3.53. The van der Waals surface area contributed by atoms with Gasteiger partial charge in [-0.1, -0.05) is 17.8 Å². The fourth-order valence-corrected chi connectivity index (χ4v) is 6.37. The van der Waals surface area contributed by atoms with Crippen LogP contribution in [0.2, 0.25) is 0 Å². The number of benzene rings is 1. The molecule has 3 aliphatic rings. The summed E-state index contributed by atoms with van der Waals surface area (Å²) in [5.74, 6) is -0.280. The van der Waals surface area contributed by atoms with E-state index in [1.165, 1.54) is 9.87 Å². The first-order valence-corrected chi connectivity index (χ1v) is 12.9. The van der Waals surface area contributed by atoms with Crippen molar-refractivity contribution in [1.82, 2.24) is 19.4 Å². The van der Waals surface area contributed by atoms with Gasteiger partial charge in [0.1, 0.15) is 0 Å². The van der Waals surface area contributed by atoms with Crippen LogP contribution in [0.25, 0.3) is 0 Å². The highest BCUT2D eigenvalue weighted by molar-refractivity contribution is 8.14. The van der Waals surface area contributed by atoms with Gasteiger partial charge >= 0.3 is 0 Å². The molecule has 0 unspecified atom stereocenters. The van der Waals surface area contributed by atoms with Crippen molar-refractivity contribution >= 4 is 38.8 Å². The van der Waals surface area contributed by atoms with Crippen LogP contribution in [0.3, 0.4) is 0 Å². The number of aryl methyl sites for hydroxylation is 2. The van der Waals surface area contributed by atoms with Crippen molar-refractivity contribution < 1.29 is 22.8 Å². The third-order valence-electron chi connectivity index (χ3n) is 5.90. The molecule has 0 atom stereocenters. The number of hydrogen-bond donors (Lipinski definition) is 1. The molecule has 0 spiro atoms. The minimum absolute atomic E-state index is 0.156. The molecule has 0 saturated carbocycles. The highest BCUT2D eigenvalue weighted by atomic mass is 32.2. The Kier molecular flexibility index (Phi) is 6.65. The van der Waals surface area contributed by atoms with Crippen LogP contribution in [0, 0.1) is 0 Å². The van der Waals surface area contributed by atoms with Crippen LogP contribution in [0.5, 0.6) is 0 Å². The van der Waals surface area contributed by atoms with E-state index >= 15 is 0 Å². The van der Waals surface area contributed by atoms with Crippen molar-refractivity contribution in [1.29, 1.82) is 0 Å². The van der Waals surface area contributed by atoms with E-state index < -0.39 is 10.0 Å². The lowest BCUT2D eigenvalue weighted by molar-refractivity contribution is -0.126. The number of imide groups is 1. The predicted octanol–water partition coefficient (Wildman–Crippen LogP) is 0.293. The van der Waals surface area contributed by atoms with Crippen LogP contribution in [-0.2, 0) is 32.5 Å². The van der Waals surface area contributed by atoms with E-state index in [4.69, 9.17) is 0 Å². The van der Waals surface area contributed by atoms with Crippen molar-refractivity contribution in [3.8, 4) is 0 Å². The summed E-state index contributed by atoms with van der Waals surface area (Å²) in [5.41, 5.74) is 2.37. The molecule has 1 aromatic rings. The maximum Gasteiger partial charge on any atom is 0.288 e. The average molecular weight is 467 g/mol. The van der Waals surface area contributed by atoms with Crippen molar-refractivity contribution in [3.05, 3.63) is 29.3 Å². The molecule has 9 nitrogen and oxygen atoms in total. The summed E-state index contributed by atoms with van der Waals surface area (Å²) in [5, 5.41) is 2.44. The van der Waals surface area contributed by atoms with Gasteiger partial charge in [-0.25, -0.2) is 8.42 Å². The van der Waals surface area contributed by atoms with Gasteiger partial charge in [-0.05, 0) is 42.5 Å². The summed E-state index contributed by atoms with van der Waals surface area (Å²) in [6, 6.07) is 5.44. The van der Waals surface area contributed by atoms with E-state index in [1.807, 2.05) is 17.0 Å². The minimum Gasteiger partial charge on any atom is -0.353 e. The second kappa shape index (κ2) is 9.27. The lowest BCUT2D eigenvalue weighted by Gasteiger charge is -2.33. The van der Waals surface area contributed by atoms with Crippen LogP contribution in [0.1, 0.15) is 17.5 Å². The van der Waals surface area contributed by atoms with Crippen LogP contribution in [0.4, 0.5) is 4.79 Å². The van der Waals surface area contributed by atoms with E-state index in [0.29, 0.717) is 31.1 Å². The molecule has 3 amide bonds. The average Bonchev–Trinajstić information content (AvgIpc) is 3.35. The Bertz CT molecular complexity index is 973. The van der Waals surface area contributed by atoms with Gasteiger partial charge < -0.3 is 5.32 Å². The van der Waals surface area contributed by atoms with Gasteiger partial charge in [-0.15, -0.1) is 0 Å². The molecule has 31 heavy (non-hydrogen) atoms. The van der Waals surface area contributed by atoms with Crippen LogP contribution in [0.15, 0.2) is 23.1 Å². The molecule has 0 radical (unpaired) electrons. The summed E-state index contributed by atoms with van der Waals surface area (Å²) >= 11 is 0.970. The fourth-order valence-electron chi connectivity index (χ4n) is 4.15. The first kappa shape index (κ1) is 22.3. The largest absolute Gasteiger partial charge is 0.353 e. The Hall–Kier alpha value is -1.95. The second-order valence-corrected chi connectivity index (χ2v) is 10.8. The zero-order valence-electron chi connectivity index (χ0n) is 17.2. The van der Waals surface area contributed by atoms with Gasteiger partial charge in [0.2, 0.25) is 21.8 Å². The Morgan fingerprint density at radius 2 is 1.81 bits per heavy atom. The zero-order chi connectivity index (χ0) is 22.0. The molecule has 2 saturated heterocycles. The molecule has 1 N–H and O–H groups in total. The number of carbonyl (C=O) groups is 3. The maximum atomic E-state index is 13.0. The third kappa shape index (κ3) is 4.94. The van der Waals surface area contributed by atoms with Gasteiger partial charge in [0.15, 0.2) is 0 Å². The van der Waals surface area contributed by atoms with Gasteiger partial charge in [-0.2, -0.15) is 4.31 Å². The Labute approximate surface area is 186 Å². The first-order valence-electron chi connectivity index (χ1n) is 10.4. The van der Waals surface area contributed by atoms with Gasteiger partial charge in [0.05, 0.1) is 17.2 Å². The van der Waals surface area contributed by atoms with Crippen molar-refractivity contribution in [2.24, 2.45) is 0 Å². The smallest absolute Gasteiger partial charge is 0.288 e. The Morgan fingerprint density at radius 3 is 2.52 bits per heavy atom. The van der Waals surface area contributed by atoms with Crippen molar-refractivity contribution in [2.75, 3.05) is 51.6 Å². The van der Waals surface area contributed by atoms with Crippen LogP contribution >= 0.6 is 11.8 Å². The third-order valence-corrected chi connectivity index (χ3v) is 8.66. The number of rotatable bonds is 7. The van der Waals surface area contributed by atoms with Crippen LogP contribution in [-0.4, -0.2) is 91.1 Å². The molecule has 168 valence electrons. The maximum absolute atomic E-state index is 13.0. The quantitative estimate of drug-likeness (QED) is 0.616. The molecule has 1 aromatic carbocycles. The summed E-state index contributed by atoms with van der Waals surface area (Å²) in [7, 11) is -3.53. The number of nitrogens with one attached hydrogen (secondary N) is 1. The molecule has 1 aliphatic carbocycles. The monoisotopic (exact) mass is 466 g/mol. The number of carbonyl (C=O) groups excluding carboxylic acids is 3. The SMILES string of the molecule is O=C(CN1CCN(S(=O)(=O)c2ccc3c(c2)CCC3)CC1)NCCN1C(=O)CSC1=O. The number of thioether (sulfide) groups is 1. The topological polar surface area (TPSA) is 107 Å². The number of sulfonamides is 1. The van der Waals surface area contributed by atoms with Gasteiger partial charge in [-0.3, -0.25) is 24.2 Å². The summed E-state index contributed by atoms with van der Waals surface area (Å²) < 4.78 is 27.5. The molecular formula is C20H26N4O5S2. The highest BCUT2D eigenvalue weighted by Crippen LogP contribution is 2.26. The number of nitrogens with zero attached hydrogens (tertiary/aromatic N) is 3. The van der Waals surface area contributed by atoms with E-state index in [2.05, 4.69) is 5.32 Å². The highest BCUT2D eigenvalue weighted by Gasteiger charge is 2.31. The molecule has 2 heterocycles. The number of amides is 3. The standard InChI is InChI=1S/C20H26N4O5S2/c25-18(21-6-7-24-19(26)14-30-20(24)27)13-22-8-10-23(11-9-22)31(28,29)17-5-4-15-2-1-3-16(15)12-17/h4-5,12H,1-3,6-11,13-14H2,(H,21,25). The summed E-state index contributed by atoms with van der Waals surface area (Å²) in [6.07, 6.45) is 3.02. The molecule has 0 bridgehead atoms. The molecule has 11 heteroatoms. The van der Waals surface area contributed by atoms with Crippen molar-refractivity contribution in [2.45, 2.75) is 24.2 Å². The molecule has 2 fully saturated rings. The number of piperazine rings is 1. The zero-order valence-corrected chi connectivity index (χ0v) is 18.8. The Balaban J connectivity index is 1.23. The summed E-state index contributed by atoms with van der Waals surface area (Å²) in [6.45, 7) is 2.15. The second-order valence-electron chi connectivity index (χ2n) is 7.91. The van der Waals surface area contributed by atoms with Crippen molar-refractivity contribution in [3.63, 3.8) is 0 Å². The molecule has 4 rings (SSSR count). The Morgan fingerprint density at radius 1 is 1.06 bits per heavy atom. The normalized spacial score (nSPS) is 20.3. The first-order chi connectivity index (χ1) is 14.8. The number of fused-ring (bicyclic) bond motifs is 1. The molecule has 0 aromatic heterocycles. The van der Waals surface area contributed by atoms with Gasteiger partial charge in [0.25, 0.3) is 5.24 Å². The van der Waals surface area contributed by atoms with E-state index in [1.54, 1.807) is 6.07 Å². The number of hydrogen-bond acceptors (Lipinski definition) is 7. The van der Waals surface area contributed by atoms with E-state index in [0.717, 1.165) is 41.5 Å². The molecule has 2 aliphatic heterocycles. The van der Waals surface area contributed by atoms with Gasteiger partial charge in [0, 0.05) is 39.3 Å². The fraction of sp³-hybridized carbons (Fsp3) is 0.550. The summed E-state index contributed by atoms with van der Waals surface area (Å²) in [4.78, 5) is 38.7. The predicted molar refractivity (Wildman–Crippen MR) is 116 cm³/mol. The lowest BCUT2D eigenvalue weighted by Crippen LogP contribution is -2.51. The van der Waals surface area contributed by atoms with Crippen LogP contribution < -0.4 is 5.32 Å². The lowest BCUT2D eigenvalue weighted by atomic mass is 10.1. The van der Waals surface area contributed by atoms with E-state index in [-0.39, 0.29) is 42.4 Å². The molecular weight excluding hydrogens is 440 g/mol.